The second-order valence-electron chi connectivity index (χ2n) is 4.52. The van der Waals surface area contributed by atoms with Gasteiger partial charge in [-0.1, -0.05) is 12.1 Å². The molecular weight excluding hydrogens is 375 g/mol. The zero-order valence-corrected chi connectivity index (χ0v) is 15.0. The number of aromatic nitrogens is 2. The Kier molecular flexibility index (Phi) is 9.91. The summed E-state index contributed by atoms with van der Waals surface area (Å²) in [7, 11) is -5.17. The molecule has 1 radical (unpaired) electrons. The monoisotopic (exact) mass is 389 g/mol. The Morgan fingerprint density at radius 3 is 1.42 bits per heavy atom. The summed E-state index contributed by atoms with van der Waals surface area (Å²) >= 11 is 0. The van der Waals surface area contributed by atoms with Gasteiger partial charge in [-0.15, -0.1) is 0 Å². The molecule has 3 rings (SSSR count). The summed E-state index contributed by atoms with van der Waals surface area (Å²) < 4.78 is 34.1. The number of nitrogens with zero attached hydrogens (tertiary/aromatic N) is 2. The molecule has 3 aromatic rings. The van der Waals surface area contributed by atoms with Crippen molar-refractivity contribution in [3.05, 3.63) is 47.8 Å². The van der Waals surface area contributed by atoms with Crippen LogP contribution in [-0.4, -0.2) is 33.0 Å². The largest absolute Gasteiger partial charge is 2.00 e. The number of aryl methyl sites for hydroxylation is 2. The first-order valence-corrected chi connectivity index (χ1v) is 7.37. The first kappa shape index (κ1) is 24.7. The van der Waals surface area contributed by atoms with Crippen molar-refractivity contribution in [2.24, 2.45) is 0 Å². The summed E-state index contributed by atoms with van der Waals surface area (Å²) in [6, 6.07) is 8.33. The second kappa shape index (κ2) is 9.65. The topological polar surface area (TPSA) is 166 Å². The van der Waals surface area contributed by atoms with Crippen LogP contribution in [-0.2, 0) is 34.4 Å². The van der Waals surface area contributed by atoms with Crippen molar-refractivity contribution in [1.29, 1.82) is 0 Å². The number of rotatable bonds is 0. The van der Waals surface area contributed by atoms with Crippen LogP contribution in [0.25, 0.3) is 21.8 Å². The third-order valence-corrected chi connectivity index (χ3v) is 3.06. The molecule has 0 bridgehead atoms. The predicted molar refractivity (Wildman–Crippen MR) is 81.3 cm³/mol. The quantitative estimate of drug-likeness (QED) is 0.317. The average Bonchev–Trinajstić information content (AvgIpc) is 2.37. The minimum absolute atomic E-state index is 0. The molecule has 0 saturated heterocycles. The fourth-order valence-electron chi connectivity index (χ4n) is 2.10. The second-order valence-corrected chi connectivity index (χ2v) is 5.34. The van der Waals surface area contributed by atoms with Gasteiger partial charge in [0, 0.05) is 33.6 Å². The minimum Gasteiger partial charge on any atom is -2.00 e. The summed E-state index contributed by atoms with van der Waals surface area (Å²) in [5, 5.41) is 2.38. The van der Waals surface area contributed by atoms with Crippen molar-refractivity contribution < 1.29 is 47.0 Å². The van der Waals surface area contributed by atoms with Crippen LogP contribution < -0.4 is 0 Å². The maximum absolute atomic E-state index is 8.52. The molecule has 0 amide bonds. The molecule has 8 nitrogen and oxygen atoms in total. The SMILES string of the molecule is Cc1ccnc2c1ccc1c(C)ccnc12.O.O=S(=O)([O-])[O-].[O-2].[V+2]. The van der Waals surface area contributed by atoms with Crippen LogP contribution in [0.3, 0.4) is 0 Å². The molecular formula is C14H14N2O6SV-2. The molecule has 10 heteroatoms. The summed E-state index contributed by atoms with van der Waals surface area (Å²) in [4.78, 5) is 8.90. The van der Waals surface area contributed by atoms with Crippen LogP contribution in [0.15, 0.2) is 36.7 Å². The van der Waals surface area contributed by atoms with Gasteiger partial charge in [-0.3, -0.25) is 18.4 Å². The van der Waals surface area contributed by atoms with E-state index in [9.17, 15) is 0 Å². The molecule has 0 spiro atoms. The summed E-state index contributed by atoms with van der Waals surface area (Å²) in [6.07, 6.45) is 3.70. The van der Waals surface area contributed by atoms with E-state index in [1.54, 1.807) is 0 Å². The number of benzene rings is 1. The Bertz CT molecular complexity index is 849. The van der Waals surface area contributed by atoms with Gasteiger partial charge in [0.1, 0.15) is 0 Å². The fourth-order valence-corrected chi connectivity index (χ4v) is 2.10. The van der Waals surface area contributed by atoms with Crippen LogP contribution >= 0.6 is 0 Å². The molecule has 2 N–H and O–H groups in total. The van der Waals surface area contributed by atoms with Crippen molar-refractivity contribution in [2.75, 3.05) is 0 Å². The molecule has 0 aliphatic rings. The molecule has 1 aromatic carbocycles. The molecule has 129 valence electrons. The summed E-state index contributed by atoms with van der Waals surface area (Å²) in [5.74, 6) is 0. The Morgan fingerprint density at radius 1 is 0.833 bits per heavy atom. The molecule has 0 aliphatic heterocycles. The van der Waals surface area contributed by atoms with Crippen LogP contribution in [0.2, 0.25) is 0 Å². The van der Waals surface area contributed by atoms with Crippen molar-refractivity contribution in [1.82, 2.24) is 9.97 Å². The number of fused-ring (bicyclic) bond motifs is 3. The van der Waals surface area contributed by atoms with Gasteiger partial charge in [-0.2, -0.15) is 0 Å². The molecule has 2 heterocycles. The van der Waals surface area contributed by atoms with E-state index in [1.807, 2.05) is 24.5 Å². The zero-order chi connectivity index (χ0) is 15.6. The Hall–Kier alpha value is -1.59. The molecule has 0 saturated carbocycles. The van der Waals surface area contributed by atoms with Crippen LogP contribution in [0.1, 0.15) is 11.1 Å². The first-order valence-electron chi connectivity index (χ1n) is 6.03. The molecule has 2 aromatic heterocycles. The van der Waals surface area contributed by atoms with Crippen LogP contribution in [0.5, 0.6) is 0 Å². The van der Waals surface area contributed by atoms with Gasteiger partial charge < -0.3 is 20.1 Å². The van der Waals surface area contributed by atoms with Crippen LogP contribution in [0, 0.1) is 13.8 Å². The normalized spacial score (nSPS) is 9.83. The fraction of sp³-hybridized carbons (Fsp3) is 0.143. The van der Waals surface area contributed by atoms with Crippen molar-refractivity contribution in [3.8, 4) is 0 Å². The molecule has 24 heavy (non-hydrogen) atoms. The standard InChI is InChI=1S/C14H12N2.H2O4S.H2O.O.V/c1-9-5-7-15-13-11(9)3-4-12-10(2)6-8-16-14(12)13;1-5(2,3)4;;;/h3-8H,1-2H3;(H2,1,2,3,4);1H2;;/q;;;-2;+2/p-2. The van der Waals surface area contributed by atoms with Gasteiger partial charge >= 0.3 is 18.6 Å². The third-order valence-electron chi connectivity index (χ3n) is 3.06. The van der Waals surface area contributed by atoms with Gasteiger partial charge in [0.25, 0.3) is 0 Å². The molecule has 0 atom stereocenters. The first-order chi connectivity index (χ1) is 9.77. The Balaban J connectivity index is 0. The summed E-state index contributed by atoms with van der Waals surface area (Å²) in [6.45, 7) is 4.21. The van der Waals surface area contributed by atoms with E-state index in [-0.39, 0.29) is 29.5 Å². The maximum atomic E-state index is 8.52. The van der Waals surface area contributed by atoms with E-state index in [0.29, 0.717) is 0 Å². The van der Waals surface area contributed by atoms with Crippen molar-refractivity contribution in [3.63, 3.8) is 0 Å². The zero-order valence-electron chi connectivity index (χ0n) is 12.8. The molecule has 0 unspecified atom stereocenters. The third kappa shape index (κ3) is 6.14. The Morgan fingerprint density at radius 2 is 1.12 bits per heavy atom. The van der Waals surface area contributed by atoms with Crippen LogP contribution in [0.4, 0.5) is 0 Å². The van der Waals surface area contributed by atoms with E-state index >= 15 is 0 Å². The molecule has 0 aliphatic carbocycles. The molecule has 0 fully saturated rings. The van der Waals surface area contributed by atoms with Gasteiger partial charge in [-0.25, -0.2) is 0 Å². The number of pyridine rings is 2. The van der Waals surface area contributed by atoms with E-state index < -0.39 is 10.4 Å². The number of hydrogen-bond donors (Lipinski definition) is 0. The van der Waals surface area contributed by atoms with E-state index in [1.165, 1.54) is 21.9 Å². The van der Waals surface area contributed by atoms with Crippen molar-refractivity contribution in [2.45, 2.75) is 13.8 Å². The van der Waals surface area contributed by atoms with Gasteiger partial charge in [0.05, 0.1) is 11.0 Å². The smallest absolute Gasteiger partial charge is 2.00 e. The van der Waals surface area contributed by atoms with Gasteiger partial charge in [0.2, 0.25) is 0 Å². The number of hydrogen-bond acceptors (Lipinski definition) is 6. The van der Waals surface area contributed by atoms with E-state index in [0.717, 1.165) is 11.0 Å². The summed E-state index contributed by atoms with van der Waals surface area (Å²) in [5.41, 5.74) is 4.49. The predicted octanol–water partition coefficient (Wildman–Crippen LogP) is 1.12. The van der Waals surface area contributed by atoms with E-state index in [2.05, 4.69) is 35.9 Å². The maximum Gasteiger partial charge on any atom is 2.00 e. The average molecular weight is 389 g/mol. The Labute approximate surface area is 151 Å². The van der Waals surface area contributed by atoms with Gasteiger partial charge in [-0.05, 0) is 37.1 Å². The van der Waals surface area contributed by atoms with Crippen molar-refractivity contribution >= 4 is 32.2 Å². The minimum atomic E-state index is -5.17. The van der Waals surface area contributed by atoms with Gasteiger partial charge in [0.15, 0.2) is 0 Å². The van der Waals surface area contributed by atoms with E-state index in [4.69, 9.17) is 17.5 Å².